The van der Waals surface area contributed by atoms with Gasteiger partial charge in [0.05, 0.1) is 6.42 Å². The summed E-state index contributed by atoms with van der Waals surface area (Å²) >= 11 is 0. The molecule has 1 rings (SSSR count). The van der Waals surface area contributed by atoms with E-state index in [1.807, 2.05) is 6.92 Å². The number of carbonyl (C=O) groups excluding carboxylic acids is 1. The van der Waals surface area contributed by atoms with Crippen LogP contribution in [0.15, 0.2) is 0 Å². The van der Waals surface area contributed by atoms with Gasteiger partial charge in [0.25, 0.3) is 0 Å². The lowest BCUT2D eigenvalue weighted by Gasteiger charge is -2.37. The van der Waals surface area contributed by atoms with Gasteiger partial charge >= 0.3 is 5.97 Å². The summed E-state index contributed by atoms with van der Waals surface area (Å²) in [6, 6.07) is 0. The lowest BCUT2D eigenvalue weighted by atomic mass is 9.93. The first-order valence-corrected chi connectivity index (χ1v) is 9.93. The second kappa shape index (κ2) is 5.93. The zero-order valence-corrected chi connectivity index (χ0v) is 14.0. The van der Waals surface area contributed by atoms with Crippen LogP contribution in [0.2, 0.25) is 18.1 Å². The molecule has 5 heteroatoms. The van der Waals surface area contributed by atoms with Crippen LogP contribution >= 0.6 is 0 Å². The second-order valence-electron chi connectivity index (χ2n) is 7.15. The SMILES string of the molecule is C[C@@H](CO)[C@H]1OC(=O)C[C@H]1CO[Si](C)(C)C(C)(C)C. The second-order valence-corrected chi connectivity index (χ2v) is 12.0. The predicted octanol–water partition coefficient (Wildman–Crippen LogP) is 2.57. The molecule has 0 spiro atoms. The van der Waals surface area contributed by atoms with Crippen molar-refractivity contribution >= 4 is 14.3 Å². The molecule has 1 N–H and O–H groups in total. The van der Waals surface area contributed by atoms with Gasteiger partial charge in [0.2, 0.25) is 0 Å². The number of carbonyl (C=O) groups is 1. The Labute approximate surface area is 117 Å². The average Bonchev–Trinajstić information content (AvgIpc) is 2.65. The minimum absolute atomic E-state index is 0.0283. The first-order valence-electron chi connectivity index (χ1n) is 7.03. The summed E-state index contributed by atoms with van der Waals surface area (Å²) < 4.78 is 11.5. The Morgan fingerprint density at radius 2 is 2.05 bits per heavy atom. The van der Waals surface area contributed by atoms with Gasteiger partial charge < -0.3 is 14.3 Å². The van der Waals surface area contributed by atoms with E-state index in [9.17, 15) is 9.90 Å². The third-order valence-electron chi connectivity index (χ3n) is 4.47. The molecule has 0 aromatic heterocycles. The van der Waals surface area contributed by atoms with Crippen LogP contribution in [0.5, 0.6) is 0 Å². The van der Waals surface area contributed by atoms with Crippen molar-refractivity contribution in [2.24, 2.45) is 11.8 Å². The van der Waals surface area contributed by atoms with Crippen molar-refractivity contribution in [3.63, 3.8) is 0 Å². The molecule has 0 unspecified atom stereocenters. The molecule has 1 aliphatic heterocycles. The molecular formula is C14H28O4Si. The number of ether oxygens (including phenoxy) is 1. The molecule has 0 aromatic rings. The van der Waals surface area contributed by atoms with Gasteiger partial charge in [-0.3, -0.25) is 4.79 Å². The van der Waals surface area contributed by atoms with Crippen LogP contribution in [-0.2, 0) is 14.0 Å². The molecule has 1 saturated heterocycles. The van der Waals surface area contributed by atoms with Gasteiger partial charge in [-0.25, -0.2) is 0 Å². The van der Waals surface area contributed by atoms with E-state index < -0.39 is 8.32 Å². The molecule has 1 fully saturated rings. The number of aliphatic hydroxyl groups is 1. The normalized spacial score (nSPS) is 26.4. The van der Waals surface area contributed by atoms with Crippen molar-refractivity contribution in [3.8, 4) is 0 Å². The van der Waals surface area contributed by atoms with Crippen LogP contribution in [0.4, 0.5) is 0 Å². The summed E-state index contributed by atoms with van der Waals surface area (Å²) in [6.07, 6.45) is 0.200. The highest BCUT2D eigenvalue weighted by atomic mass is 28.4. The van der Waals surface area contributed by atoms with Gasteiger partial charge in [-0.1, -0.05) is 27.7 Å². The maximum atomic E-state index is 11.5. The van der Waals surface area contributed by atoms with E-state index in [1.165, 1.54) is 0 Å². The first kappa shape index (κ1) is 16.7. The van der Waals surface area contributed by atoms with E-state index in [0.29, 0.717) is 13.0 Å². The maximum absolute atomic E-state index is 11.5. The molecule has 19 heavy (non-hydrogen) atoms. The molecule has 0 aliphatic carbocycles. The predicted molar refractivity (Wildman–Crippen MR) is 77.4 cm³/mol. The monoisotopic (exact) mass is 288 g/mol. The van der Waals surface area contributed by atoms with Crippen LogP contribution in [0, 0.1) is 11.8 Å². The minimum Gasteiger partial charge on any atom is -0.462 e. The Hall–Kier alpha value is -0.393. The molecule has 0 aromatic carbocycles. The number of rotatable bonds is 5. The van der Waals surface area contributed by atoms with Crippen molar-refractivity contribution in [3.05, 3.63) is 0 Å². The zero-order chi connectivity index (χ0) is 14.8. The molecule has 112 valence electrons. The summed E-state index contributed by atoms with van der Waals surface area (Å²) in [4.78, 5) is 11.5. The molecule has 1 aliphatic rings. The zero-order valence-electron chi connectivity index (χ0n) is 13.0. The van der Waals surface area contributed by atoms with E-state index in [1.54, 1.807) is 0 Å². The third kappa shape index (κ3) is 4.03. The number of hydrogen-bond donors (Lipinski definition) is 1. The summed E-state index contributed by atoms with van der Waals surface area (Å²) in [7, 11) is -1.80. The van der Waals surface area contributed by atoms with Crippen molar-refractivity contribution < 1.29 is 19.1 Å². The Kier molecular flexibility index (Phi) is 5.20. The van der Waals surface area contributed by atoms with E-state index in [2.05, 4.69) is 33.9 Å². The van der Waals surface area contributed by atoms with E-state index in [-0.39, 0.29) is 35.6 Å². The quantitative estimate of drug-likeness (QED) is 0.624. The molecule has 0 radical (unpaired) electrons. The molecule has 0 bridgehead atoms. The Morgan fingerprint density at radius 1 is 1.47 bits per heavy atom. The summed E-state index contributed by atoms with van der Waals surface area (Å²) in [5.41, 5.74) is 0. The van der Waals surface area contributed by atoms with Gasteiger partial charge in [0, 0.05) is 25.0 Å². The largest absolute Gasteiger partial charge is 0.462 e. The summed E-state index contributed by atoms with van der Waals surface area (Å²) in [6.45, 7) is 13.5. The van der Waals surface area contributed by atoms with E-state index in [0.717, 1.165) is 0 Å². The summed E-state index contributed by atoms with van der Waals surface area (Å²) in [5.74, 6) is -0.127. The van der Waals surface area contributed by atoms with Crippen LogP contribution in [0.25, 0.3) is 0 Å². The van der Waals surface area contributed by atoms with Crippen LogP contribution < -0.4 is 0 Å². The van der Waals surface area contributed by atoms with Crippen LogP contribution in [0.3, 0.4) is 0 Å². The first-order chi connectivity index (χ1) is 8.58. The van der Waals surface area contributed by atoms with E-state index in [4.69, 9.17) is 9.16 Å². The number of cyclic esters (lactones) is 1. The van der Waals surface area contributed by atoms with Gasteiger partial charge in [-0.15, -0.1) is 0 Å². The van der Waals surface area contributed by atoms with Crippen molar-refractivity contribution in [1.29, 1.82) is 0 Å². The van der Waals surface area contributed by atoms with Gasteiger partial charge in [-0.2, -0.15) is 0 Å². The molecule has 3 atom stereocenters. The van der Waals surface area contributed by atoms with Gasteiger partial charge in [-0.05, 0) is 18.1 Å². The molecule has 1 heterocycles. The number of aliphatic hydroxyl groups excluding tert-OH is 1. The third-order valence-corrected chi connectivity index (χ3v) is 8.97. The highest BCUT2D eigenvalue weighted by Crippen LogP contribution is 2.38. The maximum Gasteiger partial charge on any atom is 0.306 e. The summed E-state index contributed by atoms with van der Waals surface area (Å²) in [5, 5.41) is 9.39. The molecule has 0 saturated carbocycles. The highest BCUT2D eigenvalue weighted by molar-refractivity contribution is 6.74. The fraction of sp³-hybridized carbons (Fsp3) is 0.929. The van der Waals surface area contributed by atoms with E-state index >= 15 is 0 Å². The molecule has 0 amide bonds. The standard InChI is InChI=1S/C14H28O4Si/c1-10(8-15)13-11(7-12(16)18-13)9-17-19(5,6)14(2,3)4/h10-11,13,15H,7-9H2,1-6H3/t10-,11-,13+/m0/s1. The molecule has 4 nitrogen and oxygen atoms in total. The van der Waals surface area contributed by atoms with Crippen molar-refractivity contribution in [2.45, 2.75) is 58.4 Å². The highest BCUT2D eigenvalue weighted by Gasteiger charge is 2.42. The Bertz CT molecular complexity index is 322. The van der Waals surface area contributed by atoms with Crippen molar-refractivity contribution in [2.75, 3.05) is 13.2 Å². The van der Waals surface area contributed by atoms with Crippen LogP contribution in [-0.4, -0.2) is 38.7 Å². The minimum atomic E-state index is -1.80. The lowest BCUT2D eigenvalue weighted by molar-refractivity contribution is -0.143. The fourth-order valence-corrected chi connectivity index (χ4v) is 3.06. The van der Waals surface area contributed by atoms with Gasteiger partial charge in [0.1, 0.15) is 6.10 Å². The topological polar surface area (TPSA) is 55.8 Å². The van der Waals surface area contributed by atoms with Gasteiger partial charge in [0.15, 0.2) is 8.32 Å². The number of hydrogen-bond acceptors (Lipinski definition) is 4. The fourth-order valence-electron chi connectivity index (χ4n) is 2.00. The van der Waals surface area contributed by atoms with Crippen molar-refractivity contribution in [1.82, 2.24) is 0 Å². The van der Waals surface area contributed by atoms with Crippen LogP contribution in [0.1, 0.15) is 34.1 Å². The Balaban J connectivity index is 2.63. The average molecular weight is 288 g/mol. The lowest BCUT2D eigenvalue weighted by Crippen LogP contribution is -2.43. The smallest absolute Gasteiger partial charge is 0.306 e. The Morgan fingerprint density at radius 3 is 2.53 bits per heavy atom. The number of esters is 1. The molecular weight excluding hydrogens is 260 g/mol.